The Hall–Kier alpha value is -0.860. The third-order valence-corrected chi connectivity index (χ3v) is 5.80. The summed E-state index contributed by atoms with van der Waals surface area (Å²) in [6, 6.07) is 9.63. The van der Waals surface area contributed by atoms with Crippen molar-refractivity contribution in [3.05, 3.63) is 45.8 Å². The number of nitrogens with one attached hydrogen (secondary N) is 2. The van der Waals surface area contributed by atoms with E-state index in [2.05, 4.69) is 10.0 Å². The van der Waals surface area contributed by atoms with E-state index in [-0.39, 0.29) is 9.32 Å². The molecule has 9 heteroatoms. The van der Waals surface area contributed by atoms with E-state index in [9.17, 15) is 8.42 Å². The number of hydrogen-bond donors (Lipinski definition) is 2. The lowest BCUT2D eigenvalue weighted by atomic mass is 10.3. The molecule has 0 saturated heterocycles. The normalized spacial score (nSPS) is 11.1. The van der Waals surface area contributed by atoms with E-state index in [0.29, 0.717) is 15.0 Å². The standard InChI is InChI=1S/C11H8Cl2N2O2S3/c12-7-1-3-8(4-2-7)14-11(18)15-20(16,17)10-6-5-9(13)19-10/h1-6H,(H2,14,15,18). The molecule has 1 aromatic heterocycles. The molecule has 4 nitrogen and oxygen atoms in total. The second kappa shape index (κ2) is 6.28. The Bertz CT molecular complexity index is 726. The van der Waals surface area contributed by atoms with Gasteiger partial charge in [0.25, 0.3) is 10.0 Å². The van der Waals surface area contributed by atoms with E-state index in [1.165, 1.54) is 12.1 Å². The second-order valence-electron chi connectivity index (χ2n) is 3.63. The molecule has 0 aliphatic heterocycles. The first-order valence-electron chi connectivity index (χ1n) is 5.21. The van der Waals surface area contributed by atoms with Gasteiger partial charge in [-0.2, -0.15) is 0 Å². The summed E-state index contributed by atoms with van der Waals surface area (Å²) in [5.41, 5.74) is 0.631. The molecular weight excluding hydrogens is 359 g/mol. The van der Waals surface area contributed by atoms with Crippen LogP contribution in [0.3, 0.4) is 0 Å². The van der Waals surface area contributed by atoms with E-state index in [0.717, 1.165) is 11.3 Å². The van der Waals surface area contributed by atoms with Crippen molar-refractivity contribution >= 4 is 67.6 Å². The van der Waals surface area contributed by atoms with Crippen molar-refractivity contribution in [1.29, 1.82) is 0 Å². The maximum atomic E-state index is 12.0. The number of hydrogen-bond acceptors (Lipinski definition) is 4. The topological polar surface area (TPSA) is 58.2 Å². The zero-order valence-electron chi connectivity index (χ0n) is 9.76. The molecule has 20 heavy (non-hydrogen) atoms. The molecule has 0 bridgehead atoms. The molecule has 0 aliphatic carbocycles. The summed E-state index contributed by atoms with van der Waals surface area (Å²) in [6.45, 7) is 0. The smallest absolute Gasteiger partial charge is 0.273 e. The molecule has 0 fully saturated rings. The van der Waals surface area contributed by atoms with Crippen molar-refractivity contribution in [3.8, 4) is 0 Å². The molecule has 0 amide bonds. The van der Waals surface area contributed by atoms with Gasteiger partial charge in [0.2, 0.25) is 0 Å². The molecule has 0 radical (unpaired) electrons. The van der Waals surface area contributed by atoms with Crippen LogP contribution in [0.2, 0.25) is 9.36 Å². The number of thiophene rings is 1. The van der Waals surface area contributed by atoms with Gasteiger partial charge in [0.05, 0.1) is 4.34 Å². The van der Waals surface area contributed by atoms with Crippen molar-refractivity contribution in [1.82, 2.24) is 4.72 Å². The van der Waals surface area contributed by atoms with E-state index in [4.69, 9.17) is 35.4 Å². The lowest BCUT2D eigenvalue weighted by Gasteiger charge is -2.10. The number of halogens is 2. The van der Waals surface area contributed by atoms with Crippen LogP contribution in [0.5, 0.6) is 0 Å². The molecule has 1 heterocycles. The predicted molar refractivity (Wildman–Crippen MR) is 87.3 cm³/mol. The van der Waals surface area contributed by atoms with Gasteiger partial charge in [-0.3, -0.25) is 4.72 Å². The van der Waals surface area contributed by atoms with E-state index in [1.807, 2.05) is 0 Å². The summed E-state index contributed by atoms with van der Waals surface area (Å²) in [6.07, 6.45) is 0. The van der Waals surface area contributed by atoms with Gasteiger partial charge < -0.3 is 5.32 Å². The number of rotatable bonds is 3. The van der Waals surface area contributed by atoms with Gasteiger partial charge in [0, 0.05) is 10.7 Å². The van der Waals surface area contributed by atoms with Crippen molar-refractivity contribution in [2.24, 2.45) is 0 Å². The molecule has 0 spiro atoms. The van der Waals surface area contributed by atoms with Crippen molar-refractivity contribution in [2.75, 3.05) is 5.32 Å². The molecule has 0 aliphatic rings. The molecule has 2 N–H and O–H groups in total. The molecule has 0 saturated carbocycles. The minimum Gasteiger partial charge on any atom is -0.332 e. The Balaban J connectivity index is 2.06. The molecule has 0 unspecified atom stereocenters. The van der Waals surface area contributed by atoms with Crippen LogP contribution in [-0.4, -0.2) is 13.5 Å². The number of sulfonamides is 1. The highest BCUT2D eigenvalue weighted by molar-refractivity contribution is 7.93. The molecule has 2 rings (SSSR count). The predicted octanol–water partition coefficient (Wildman–Crippen LogP) is 3.73. The van der Waals surface area contributed by atoms with Crippen LogP contribution in [0.25, 0.3) is 0 Å². The fraction of sp³-hybridized carbons (Fsp3) is 0. The summed E-state index contributed by atoms with van der Waals surface area (Å²) >= 11 is 17.4. The Morgan fingerprint density at radius 1 is 1.10 bits per heavy atom. The van der Waals surface area contributed by atoms with Gasteiger partial charge in [0.15, 0.2) is 5.11 Å². The number of anilines is 1. The SMILES string of the molecule is O=S(=O)(NC(=S)Nc1ccc(Cl)cc1)c1ccc(Cl)s1. The molecule has 0 atom stereocenters. The van der Waals surface area contributed by atoms with Gasteiger partial charge in [-0.05, 0) is 48.6 Å². The minimum absolute atomic E-state index is 0.0307. The fourth-order valence-corrected chi connectivity index (χ4v) is 4.27. The van der Waals surface area contributed by atoms with Crippen molar-refractivity contribution in [3.63, 3.8) is 0 Å². The molecular formula is C11H8Cl2N2O2S3. The van der Waals surface area contributed by atoms with Crippen molar-refractivity contribution in [2.45, 2.75) is 4.21 Å². The van der Waals surface area contributed by atoms with Crippen LogP contribution < -0.4 is 10.0 Å². The first kappa shape index (κ1) is 15.5. The van der Waals surface area contributed by atoms with Gasteiger partial charge in [0.1, 0.15) is 4.21 Å². The highest BCUT2D eigenvalue weighted by Crippen LogP contribution is 2.25. The Labute approximate surface area is 135 Å². The van der Waals surface area contributed by atoms with Crippen LogP contribution in [0.1, 0.15) is 0 Å². The summed E-state index contributed by atoms with van der Waals surface area (Å²) in [4.78, 5) is 0. The van der Waals surface area contributed by atoms with Crippen LogP contribution in [0.4, 0.5) is 5.69 Å². The maximum Gasteiger partial charge on any atom is 0.273 e. The van der Waals surface area contributed by atoms with E-state index >= 15 is 0 Å². The summed E-state index contributed by atoms with van der Waals surface area (Å²) in [5, 5.41) is 3.30. The number of thiocarbonyl (C=S) groups is 1. The fourth-order valence-electron chi connectivity index (χ4n) is 1.30. The van der Waals surface area contributed by atoms with Gasteiger partial charge in [-0.15, -0.1) is 11.3 Å². The van der Waals surface area contributed by atoms with Crippen LogP contribution in [0.15, 0.2) is 40.6 Å². The van der Waals surface area contributed by atoms with Crippen molar-refractivity contribution < 1.29 is 8.42 Å². The first-order chi connectivity index (χ1) is 9.37. The van der Waals surface area contributed by atoms with E-state index < -0.39 is 10.0 Å². The summed E-state index contributed by atoms with van der Waals surface area (Å²) < 4.78 is 26.7. The van der Waals surface area contributed by atoms with Gasteiger partial charge in [-0.1, -0.05) is 23.2 Å². The largest absolute Gasteiger partial charge is 0.332 e. The third-order valence-electron chi connectivity index (χ3n) is 2.14. The molecule has 1 aromatic carbocycles. The van der Waals surface area contributed by atoms with Gasteiger partial charge in [-0.25, -0.2) is 8.42 Å². The summed E-state index contributed by atoms with van der Waals surface area (Å²) in [5.74, 6) is 0. The monoisotopic (exact) mass is 366 g/mol. The molecule has 106 valence electrons. The quantitative estimate of drug-likeness (QED) is 0.812. The van der Waals surface area contributed by atoms with Crippen LogP contribution >= 0.6 is 46.8 Å². The lowest BCUT2D eigenvalue weighted by molar-refractivity contribution is 0.595. The average molecular weight is 367 g/mol. The lowest BCUT2D eigenvalue weighted by Crippen LogP contribution is -2.33. The maximum absolute atomic E-state index is 12.0. The Morgan fingerprint density at radius 3 is 2.30 bits per heavy atom. The Kier molecular flexibility index (Phi) is 4.87. The van der Waals surface area contributed by atoms with Crippen LogP contribution in [-0.2, 0) is 10.0 Å². The first-order valence-corrected chi connectivity index (χ1v) is 8.68. The number of benzene rings is 1. The van der Waals surface area contributed by atoms with Crippen LogP contribution in [0, 0.1) is 0 Å². The minimum atomic E-state index is -3.71. The second-order valence-corrected chi connectivity index (χ2v) is 8.09. The zero-order valence-corrected chi connectivity index (χ0v) is 13.7. The third kappa shape index (κ3) is 4.07. The average Bonchev–Trinajstić information content (AvgIpc) is 2.79. The van der Waals surface area contributed by atoms with Gasteiger partial charge >= 0.3 is 0 Å². The highest BCUT2D eigenvalue weighted by Gasteiger charge is 2.17. The summed E-state index contributed by atoms with van der Waals surface area (Å²) in [7, 11) is -3.71. The van der Waals surface area contributed by atoms with E-state index in [1.54, 1.807) is 24.3 Å². The Morgan fingerprint density at radius 2 is 1.75 bits per heavy atom. The zero-order chi connectivity index (χ0) is 14.8. The highest BCUT2D eigenvalue weighted by atomic mass is 35.5. The molecule has 2 aromatic rings.